The summed E-state index contributed by atoms with van der Waals surface area (Å²) < 4.78 is 5.29. The predicted octanol–water partition coefficient (Wildman–Crippen LogP) is 2.09. The molecule has 0 fully saturated rings. The maximum Gasteiger partial charge on any atom is 0.422 e. The Morgan fingerprint density at radius 1 is 0.944 bits per heavy atom. The van der Waals surface area contributed by atoms with Gasteiger partial charge in [-0.15, -0.1) is 0 Å². The Hall–Kier alpha value is 0.255. The van der Waals surface area contributed by atoms with Crippen molar-refractivity contribution >= 4 is 20.2 Å². The molecule has 0 amide bonds. The van der Waals surface area contributed by atoms with Gasteiger partial charge in [-0.1, -0.05) is 0 Å². The van der Waals surface area contributed by atoms with Crippen LogP contribution in [0.2, 0.25) is 0 Å². The van der Waals surface area contributed by atoms with E-state index in [1.165, 1.54) is 7.62 Å². The summed E-state index contributed by atoms with van der Waals surface area (Å²) in [4.78, 5) is 5.40. The molecule has 0 atom stereocenters. The highest BCUT2D eigenvalue weighted by atomic mass is 32.1. The minimum atomic E-state index is -0.966. The van der Waals surface area contributed by atoms with Crippen molar-refractivity contribution < 1.29 is 14.6 Å². The van der Waals surface area contributed by atoms with Crippen LogP contribution >= 0.6 is 12.6 Å². The molecule has 0 unspecified atom stereocenters. The van der Waals surface area contributed by atoms with Gasteiger partial charge in [-0.2, -0.15) is 12.6 Å². The second-order valence-electron chi connectivity index (χ2n) is 6.59. The van der Waals surface area contributed by atoms with E-state index in [2.05, 4.69) is 18.0 Å². The van der Waals surface area contributed by atoms with Crippen molar-refractivity contribution in [3.8, 4) is 0 Å². The molecule has 2 N–H and O–H groups in total. The summed E-state index contributed by atoms with van der Waals surface area (Å²) in [6.45, 7) is 14.8. The van der Waals surface area contributed by atoms with E-state index in [1.54, 1.807) is 27.7 Å². The zero-order valence-corrected chi connectivity index (χ0v) is 13.7. The largest absolute Gasteiger partial charge is 0.422 e. The van der Waals surface area contributed by atoms with E-state index in [4.69, 9.17) is 9.49 Å². The fraction of sp³-hybridized carbons (Fsp3) is 1.00. The summed E-state index contributed by atoms with van der Waals surface area (Å²) in [6.07, 6.45) is 0. The van der Waals surface area contributed by atoms with Gasteiger partial charge in [-0.25, -0.2) is 5.39 Å². The first kappa shape index (κ1) is 18.3. The van der Waals surface area contributed by atoms with Crippen LogP contribution in [0.15, 0.2) is 0 Å². The zero-order valence-electron chi connectivity index (χ0n) is 12.8. The van der Waals surface area contributed by atoms with Crippen molar-refractivity contribution in [2.45, 2.75) is 76.9 Å². The van der Waals surface area contributed by atoms with Crippen molar-refractivity contribution in [1.82, 2.24) is 5.39 Å². The lowest BCUT2D eigenvalue weighted by Crippen LogP contribution is -2.52. The second kappa shape index (κ2) is 5.71. The van der Waals surface area contributed by atoms with Gasteiger partial charge in [0.05, 0.1) is 11.2 Å². The van der Waals surface area contributed by atoms with Gasteiger partial charge in [0.1, 0.15) is 5.60 Å². The Labute approximate surface area is 117 Å². The number of nitrogens with one attached hydrogen (secondary N) is 1. The van der Waals surface area contributed by atoms with E-state index >= 15 is 0 Å². The fourth-order valence-corrected chi connectivity index (χ4v) is 0.665. The van der Waals surface area contributed by atoms with Crippen LogP contribution in [-0.4, -0.2) is 34.3 Å². The Kier molecular flexibility index (Phi) is 5.79. The topological polar surface area (TPSA) is 50.7 Å². The third-order valence-electron chi connectivity index (χ3n) is 3.66. The number of rotatable bonds is 7. The summed E-state index contributed by atoms with van der Waals surface area (Å²) in [6, 6.07) is 0. The predicted molar refractivity (Wildman–Crippen MR) is 78.6 cm³/mol. The Bertz CT molecular complexity index is 241. The van der Waals surface area contributed by atoms with Crippen LogP contribution in [0.1, 0.15) is 55.4 Å². The molecule has 1 radical (unpaired) electrons. The van der Waals surface area contributed by atoms with Crippen molar-refractivity contribution in [3.05, 3.63) is 0 Å². The molecule has 18 heavy (non-hydrogen) atoms. The summed E-state index contributed by atoms with van der Waals surface area (Å²) in [7, 11) is 1.38. The first-order chi connectivity index (χ1) is 7.71. The third-order valence-corrected chi connectivity index (χ3v) is 4.20. The van der Waals surface area contributed by atoms with Crippen LogP contribution in [-0.2, 0) is 9.49 Å². The summed E-state index contributed by atoms with van der Waals surface area (Å²) in [5.41, 5.74) is -2.16. The molecule has 0 heterocycles. The molecule has 0 aromatic rings. The molecule has 0 aliphatic heterocycles. The lowest BCUT2D eigenvalue weighted by molar-refractivity contribution is -0.169. The maximum absolute atomic E-state index is 9.90. The van der Waals surface area contributed by atoms with Crippen LogP contribution in [0.4, 0.5) is 0 Å². The Morgan fingerprint density at radius 2 is 1.39 bits per heavy atom. The molecule has 0 saturated heterocycles. The molecule has 0 bridgehead atoms. The maximum atomic E-state index is 9.90. The molecule has 0 rings (SSSR count). The SMILES string of the molecule is CC(C)(O)C(C)(C)ON[B]OC(C)(C)C(C)(C)S. The average molecular weight is 276 g/mol. The monoisotopic (exact) mass is 276 g/mol. The highest BCUT2D eigenvalue weighted by molar-refractivity contribution is 7.81. The van der Waals surface area contributed by atoms with Gasteiger partial charge >= 0.3 is 7.62 Å². The van der Waals surface area contributed by atoms with Gasteiger partial charge in [-0.05, 0) is 55.4 Å². The van der Waals surface area contributed by atoms with Crippen molar-refractivity contribution in [2.24, 2.45) is 0 Å². The molecule has 0 aromatic heterocycles. The number of thiol groups is 1. The molecule has 0 aliphatic rings. The van der Waals surface area contributed by atoms with E-state index in [0.717, 1.165) is 0 Å². The molecular formula is C12H27BNO3S. The smallest absolute Gasteiger partial charge is 0.417 e. The lowest BCUT2D eigenvalue weighted by atomic mass is 9.90. The molecule has 0 spiro atoms. The van der Waals surface area contributed by atoms with Gasteiger partial charge in [0.25, 0.3) is 0 Å². The van der Waals surface area contributed by atoms with Gasteiger partial charge in [0, 0.05) is 4.75 Å². The minimum Gasteiger partial charge on any atom is -0.417 e. The van der Waals surface area contributed by atoms with Crippen LogP contribution in [0.3, 0.4) is 0 Å². The summed E-state index contributed by atoms with van der Waals surface area (Å²) in [5, 5.41) is 12.5. The zero-order chi connectivity index (χ0) is 14.8. The third kappa shape index (κ3) is 5.09. The van der Waals surface area contributed by atoms with E-state index in [9.17, 15) is 5.11 Å². The first-order valence-corrected chi connectivity index (χ1v) is 6.53. The highest BCUT2D eigenvalue weighted by Gasteiger charge is 2.38. The molecule has 107 valence electrons. The Balaban J connectivity index is 4.17. The molecule has 4 nitrogen and oxygen atoms in total. The second-order valence-corrected chi connectivity index (χ2v) is 7.71. The molecule has 6 heteroatoms. The summed E-state index contributed by atoms with van der Waals surface area (Å²) >= 11 is 4.49. The first-order valence-electron chi connectivity index (χ1n) is 6.08. The van der Waals surface area contributed by atoms with Crippen molar-refractivity contribution in [3.63, 3.8) is 0 Å². The van der Waals surface area contributed by atoms with Crippen LogP contribution < -0.4 is 5.39 Å². The van der Waals surface area contributed by atoms with Crippen molar-refractivity contribution in [1.29, 1.82) is 0 Å². The van der Waals surface area contributed by atoms with E-state index in [1.807, 2.05) is 27.7 Å². The lowest BCUT2D eigenvalue weighted by Gasteiger charge is -2.39. The Morgan fingerprint density at radius 3 is 1.72 bits per heavy atom. The van der Waals surface area contributed by atoms with E-state index in [-0.39, 0.29) is 4.75 Å². The van der Waals surface area contributed by atoms with Crippen LogP contribution in [0.25, 0.3) is 0 Å². The van der Waals surface area contributed by atoms with Gasteiger partial charge in [0.15, 0.2) is 0 Å². The number of hydrogen-bond acceptors (Lipinski definition) is 5. The van der Waals surface area contributed by atoms with Crippen LogP contribution in [0.5, 0.6) is 0 Å². The molecule has 0 aliphatic carbocycles. The van der Waals surface area contributed by atoms with Crippen molar-refractivity contribution in [2.75, 3.05) is 0 Å². The molecular weight excluding hydrogens is 249 g/mol. The molecule has 0 aromatic carbocycles. The summed E-state index contributed by atoms with van der Waals surface area (Å²) in [5.74, 6) is 0. The highest BCUT2D eigenvalue weighted by Crippen LogP contribution is 2.30. The minimum absolute atomic E-state index is 0.295. The standard InChI is InChI=1S/C12H27BNO3S/c1-9(2,15)10(3,4)17-14-13-16-11(5,6)12(7,8)18/h14-15,18H,1-8H3. The number of hydrogen-bond donors (Lipinski definition) is 3. The number of aliphatic hydroxyl groups is 1. The quantitative estimate of drug-likeness (QED) is 0.288. The average Bonchev–Trinajstić information content (AvgIpc) is 2.08. The van der Waals surface area contributed by atoms with Crippen LogP contribution in [0, 0.1) is 0 Å². The molecule has 0 saturated carbocycles. The van der Waals surface area contributed by atoms with E-state index < -0.39 is 16.8 Å². The fourth-order valence-electron chi connectivity index (χ4n) is 0.612. The van der Waals surface area contributed by atoms with E-state index in [0.29, 0.717) is 0 Å². The van der Waals surface area contributed by atoms with Gasteiger partial charge in [0.2, 0.25) is 0 Å². The van der Waals surface area contributed by atoms with Gasteiger partial charge in [-0.3, -0.25) is 0 Å². The normalized spacial score (nSPS) is 14.8. The van der Waals surface area contributed by atoms with Gasteiger partial charge < -0.3 is 14.6 Å².